The van der Waals surface area contributed by atoms with Gasteiger partial charge in [-0.15, -0.1) is 22.9 Å². The Labute approximate surface area is 94.7 Å². The van der Waals surface area contributed by atoms with Crippen LogP contribution in [0.4, 0.5) is 0 Å². The van der Waals surface area contributed by atoms with E-state index in [1.165, 1.54) is 25.7 Å². The van der Waals surface area contributed by atoms with Crippen LogP contribution < -0.4 is 0 Å². The number of hydrogen-bond acceptors (Lipinski definition) is 1. The predicted octanol–water partition coefficient (Wildman–Crippen LogP) is 4.71. The smallest absolute Gasteiger partial charge is 0.0490 e. The molecule has 0 fully saturated rings. The van der Waals surface area contributed by atoms with E-state index in [-0.39, 0.29) is 0 Å². The van der Waals surface area contributed by atoms with E-state index in [4.69, 9.17) is 11.6 Å². The van der Waals surface area contributed by atoms with Gasteiger partial charge in [0, 0.05) is 25.8 Å². The lowest BCUT2D eigenvalue weighted by Crippen LogP contribution is -1.83. The molecule has 13 heavy (non-hydrogen) atoms. The molecule has 0 aliphatic heterocycles. The van der Waals surface area contributed by atoms with E-state index in [1.54, 1.807) is 11.3 Å². The van der Waals surface area contributed by atoms with Gasteiger partial charge in [-0.05, 0) is 34.0 Å². The maximum Gasteiger partial charge on any atom is 0.0490 e. The molecule has 0 unspecified atom stereocenters. The van der Waals surface area contributed by atoms with Crippen LogP contribution >= 0.6 is 38.9 Å². The molecule has 68 valence electrons. The van der Waals surface area contributed by atoms with Gasteiger partial charge in [-0.25, -0.2) is 0 Å². The largest absolute Gasteiger partial charge is 0.142 e. The molecular formula is C10H8BrClS. The number of benzene rings is 1. The molecule has 0 saturated carbocycles. The highest BCUT2D eigenvalue weighted by Gasteiger charge is 2.07. The zero-order chi connectivity index (χ0) is 9.42. The fourth-order valence-corrected chi connectivity index (χ4v) is 3.58. The van der Waals surface area contributed by atoms with Gasteiger partial charge in [0.2, 0.25) is 0 Å². The molecule has 0 N–H and O–H groups in total. The molecule has 0 spiro atoms. The van der Waals surface area contributed by atoms with Crippen LogP contribution in [-0.2, 0) is 5.88 Å². The Morgan fingerprint density at radius 1 is 1.46 bits per heavy atom. The molecule has 0 nitrogen and oxygen atoms in total. The lowest BCUT2D eigenvalue weighted by Gasteiger charge is -2.02. The van der Waals surface area contributed by atoms with Gasteiger partial charge in [-0.2, -0.15) is 0 Å². The van der Waals surface area contributed by atoms with Crippen LogP contribution in [0.5, 0.6) is 0 Å². The summed E-state index contributed by atoms with van der Waals surface area (Å²) in [6.45, 7) is 2.10. The Morgan fingerprint density at radius 2 is 2.23 bits per heavy atom. The van der Waals surface area contributed by atoms with Crippen molar-refractivity contribution in [3.63, 3.8) is 0 Å². The molecule has 2 rings (SSSR count). The highest BCUT2D eigenvalue weighted by molar-refractivity contribution is 9.10. The fraction of sp³-hybridized carbons (Fsp3) is 0.200. The first-order chi connectivity index (χ1) is 6.24. The lowest BCUT2D eigenvalue weighted by molar-refractivity contribution is 1.35. The molecule has 1 aromatic heterocycles. The first-order valence-electron chi connectivity index (χ1n) is 3.95. The van der Waals surface area contributed by atoms with E-state index < -0.39 is 0 Å². The summed E-state index contributed by atoms with van der Waals surface area (Å²) in [6.07, 6.45) is 0. The van der Waals surface area contributed by atoms with Crippen molar-refractivity contribution in [1.29, 1.82) is 0 Å². The fourth-order valence-electron chi connectivity index (χ4n) is 1.39. The second kappa shape index (κ2) is 3.60. The van der Waals surface area contributed by atoms with Gasteiger partial charge in [0.15, 0.2) is 0 Å². The van der Waals surface area contributed by atoms with Crippen LogP contribution in [0.2, 0.25) is 0 Å². The summed E-state index contributed by atoms with van der Waals surface area (Å²) in [7, 11) is 0. The second-order valence-electron chi connectivity index (χ2n) is 2.95. The van der Waals surface area contributed by atoms with Crippen LogP contribution in [-0.4, -0.2) is 0 Å². The first-order valence-corrected chi connectivity index (χ1v) is 6.16. The summed E-state index contributed by atoms with van der Waals surface area (Å²) in [4.78, 5) is 0. The third-order valence-corrected chi connectivity index (χ3v) is 4.45. The average Bonchev–Trinajstić information content (AvgIpc) is 2.48. The number of fused-ring (bicyclic) bond motifs is 1. The molecule has 1 heterocycles. The molecule has 0 aliphatic carbocycles. The lowest BCUT2D eigenvalue weighted by atomic mass is 10.1. The Hall–Kier alpha value is -0.0500. The highest BCUT2D eigenvalue weighted by Crippen LogP contribution is 2.34. The molecule has 0 atom stereocenters. The van der Waals surface area contributed by atoms with Crippen molar-refractivity contribution in [2.45, 2.75) is 12.8 Å². The van der Waals surface area contributed by atoms with Crippen molar-refractivity contribution in [2.24, 2.45) is 0 Å². The normalized spacial score (nSPS) is 11.0. The van der Waals surface area contributed by atoms with Crippen molar-refractivity contribution in [2.75, 3.05) is 0 Å². The van der Waals surface area contributed by atoms with Crippen molar-refractivity contribution in [3.8, 4) is 0 Å². The van der Waals surface area contributed by atoms with E-state index in [2.05, 4.69) is 40.4 Å². The zero-order valence-corrected chi connectivity index (χ0v) is 10.3. The van der Waals surface area contributed by atoms with Gasteiger partial charge in [0.1, 0.15) is 0 Å². The topological polar surface area (TPSA) is 0 Å². The van der Waals surface area contributed by atoms with E-state index in [1.807, 2.05) is 0 Å². The van der Waals surface area contributed by atoms with Gasteiger partial charge in [-0.1, -0.05) is 12.1 Å². The van der Waals surface area contributed by atoms with E-state index in [0.717, 1.165) is 0 Å². The standard InChI is InChI=1S/C10H8BrClS/c1-6-2-3-7-9(11)5-13-10(7)8(6)4-12/h2-3,5H,4H2,1H3. The van der Waals surface area contributed by atoms with Crippen molar-refractivity contribution in [3.05, 3.63) is 33.1 Å². The SMILES string of the molecule is Cc1ccc2c(Br)csc2c1CCl. The van der Waals surface area contributed by atoms with Gasteiger partial charge in [0.25, 0.3) is 0 Å². The molecule has 0 radical (unpaired) electrons. The Bertz CT molecular complexity index is 447. The highest BCUT2D eigenvalue weighted by atomic mass is 79.9. The van der Waals surface area contributed by atoms with Crippen molar-refractivity contribution in [1.82, 2.24) is 0 Å². The summed E-state index contributed by atoms with van der Waals surface area (Å²) in [5, 5.41) is 3.38. The first kappa shape index (κ1) is 9.50. The number of alkyl halides is 1. The van der Waals surface area contributed by atoms with Gasteiger partial charge in [-0.3, -0.25) is 0 Å². The second-order valence-corrected chi connectivity index (χ2v) is 4.96. The van der Waals surface area contributed by atoms with Crippen LogP contribution in [0, 0.1) is 6.92 Å². The molecule has 2 aromatic rings. The summed E-state index contributed by atoms with van der Waals surface area (Å²) in [5.41, 5.74) is 2.53. The number of rotatable bonds is 1. The van der Waals surface area contributed by atoms with Gasteiger partial charge in [0.05, 0.1) is 0 Å². The third kappa shape index (κ3) is 1.51. The van der Waals surface area contributed by atoms with Crippen LogP contribution in [0.1, 0.15) is 11.1 Å². The van der Waals surface area contributed by atoms with E-state index >= 15 is 0 Å². The maximum absolute atomic E-state index is 5.91. The van der Waals surface area contributed by atoms with Crippen molar-refractivity contribution >= 4 is 49.0 Å². The number of thiophene rings is 1. The minimum absolute atomic E-state index is 0.593. The van der Waals surface area contributed by atoms with Gasteiger partial charge >= 0.3 is 0 Å². The number of aryl methyl sites for hydroxylation is 1. The molecule has 0 aliphatic rings. The number of hydrogen-bond donors (Lipinski definition) is 0. The quantitative estimate of drug-likeness (QED) is 0.661. The zero-order valence-electron chi connectivity index (χ0n) is 7.10. The monoisotopic (exact) mass is 274 g/mol. The minimum atomic E-state index is 0.593. The van der Waals surface area contributed by atoms with Crippen LogP contribution in [0.15, 0.2) is 22.0 Å². The number of halogens is 2. The maximum atomic E-state index is 5.91. The predicted molar refractivity (Wildman–Crippen MR) is 63.8 cm³/mol. The van der Waals surface area contributed by atoms with Crippen LogP contribution in [0.25, 0.3) is 10.1 Å². The molecule has 0 amide bonds. The Kier molecular flexibility index (Phi) is 2.63. The van der Waals surface area contributed by atoms with Crippen molar-refractivity contribution < 1.29 is 0 Å². The average molecular weight is 276 g/mol. The summed E-state index contributed by atoms with van der Waals surface area (Å²) < 4.78 is 2.47. The molecule has 1 aromatic carbocycles. The molecule has 0 bridgehead atoms. The van der Waals surface area contributed by atoms with Crippen LogP contribution in [0.3, 0.4) is 0 Å². The summed E-state index contributed by atoms with van der Waals surface area (Å²) in [5.74, 6) is 0.593. The Morgan fingerprint density at radius 3 is 2.92 bits per heavy atom. The van der Waals surface area contributed by atoms with E-state index in [9.17, 15) is 0 Å². The van der Waals surface area contributed by atoms with Gasteiger partial charge < -0.3 is 0 Å². The molecule has 3 heteroatoms. The van der Waals surface area contributed by atoms with E-state index in [0.29, 0.717) is 5.88 Å². The molecular weight excluding hydrogens is 268 g/mol. The molecule has 0 saturated heterocycles. The minimum Gasteiger partial charge on any atom is -0.142 e. The summed E-state index contributed by atoms with van der Waals surface area (Å²) >= 11 is 11.2. The summed E-state index contributed by atoms with van der Waals surface area (Å²) in [6, 6.07) is 4.26. The third-order valence-electron chi connectivity index (χ3n) is 2.17. The Balaban J connectivity index is 2.85.